The Balaban J connectivity index is -0.000000385. The largest absolute Gasteiger partial charge is 0.198 e. The average Bonchev–Trinajstić information content (AvgIpc) is 1.65. The Morgan fingerprint density at radius 1 is 0.259 bits per heavy atom. The molecule has 4 aliphatic rings. The van der Waals surface area contributed by atoms with E-state index in [2.05, 4.69) is 270 Å². The molecule has 0 aromatic heterocycles. The van der Waals surface area contributed by atoms with Gasteiger partial charge in [-0.15, -0.1) is 0 Å². The zero-order valence-electron chi connectivity index (χ0n) is 79.9. The van der Waals surface area contributed by atoms with Gasteiger partial charge in [-0.05, 0) is 279 Å². The molecule has 0 N–H and O–H groups in total. The predicted octanol–water partition coefficient (Wildman–Crippen LogP) is 34.6. The summed E-state index contributed by atoms with van der Waals surface area (Å²) in [6.07, 6.45) is 35.3. The zero-order chi connectivity index (χ0) is 89.0. The Bertz CT molecular complexity index is 2960. The molecule has 4 saturated carbocycles. The first-order valence-electron chi connectivity index (χ1n) is 46.5. The first-order chi connectivity index (χ1) is 55.7. The molecule has 5 aromatic carbocycles. The maximum atomic E-state index is 8.57. The van der Waals surface area contributed by atoms with Crippen LogP contribution in [0.4, 0.5) is 0 Å². The number of benzene rings is 5. The normalized spacial score (nSPS) is 19.2. The molecule has 18 atom stereocenters. The molecule has 4 bridgehead atoms. The predicted molar refractivity (Wildman–Crippen MR) is 508 cm³/mol. The Hall–Kier alpha value is -7.73. The van der Waals surface area contributed by atoms with Crippen molar-refractivity contribution in [3.05, 3.63) is 191 Å². The number of fused-ring (bicyclic) bond motifs is 4. The van der Waals surface area contributed by atoms with Gasteiger partial charge < -0.3 is 0 Å². The zero-order valence-corrected chi connectivity index (χ0v) is 79.9. The number of hydrogen-bond acceptors (Lipinski definition) is 7. The van der Waals surface area contributed by atoms with Crippen molar-refractivity contribution in [2.75, 3.05) is 0 Å². The molecule has 9 rings (SSSR count). The molecule has 7 nitrogen and oxygen atoms in total. The van der Waals surface area contributed by atoms with Crippen molar-refractivity contribution in [1.82, 2.24) is 0 Å². The SMILES string of the molecule is CC/C=C/CC.CCC(C)C#N.CCC(C)C#N.CCC(C)C#N.CCC(C)C#N.CCC(C)C#N.CCC(C)c1ccc(C#N)cc1.CCC(C)c1ccc(C#N)cc1.CCC(C)c1ccccc1.CCC(C)c1ccccc1.CCC(C)c1ccccc1.CCC1C2CCC(C2)C1CC.CCC1C2CCC(C2)C1CC.CCCC. The highest BCUT2D eigenvalue weighted by Gasteiger charge is 2.46. The molecule has 18 unspecified atom stereocenters. The maximum absolute atomic E-state index is 8.57. The van der Waals surface area contributed by atoms with Crippen molar-refractivity contribution >= 4 is 0 Å². The van der Waals surface area contributed by atoms with Crippen LogP contribution in [0.25, 0.3) is 0 Å². The molecule has 4 aliphatic carbocycles. The maximum Gasteiger partial charge on any atom is 0.0991 e. The first-order valence-corrected chi connectivity index (χ1v) is 46.5. The second-order valence-electron chi connectivity index (χ2n) is 32.7. The van der Waals surface area contributed by atoms with E-state index >= 15 is 0 Å². The lowest BCUT2D eigenvalue weighted by molar-refractivity contribution is 0.209. The molecule has 4 fully saturated rings. The Kier molecular flexibility index (Phi) is 80.3. The van der Waals surface area contributed by atoms with Crippen LogP contribution in [0.1, 0.15) is 416 Å². The van der Waals surface area contributed by atoms with Gasteiger partial charge >= 0.3 is 0 Å². The summed E-state index contributed by atoms with van der Waals surface area (Å²) in [7, 11) is 0. The van der Waals surface area contributed by atoms with Crippen LogP contribution in [-0.2, 0) is 0 Å². The van der Waals surface area contributed by atoms with Gasteiger partial charge in [0.25, 0.3) is 0 Å². The lowest BCUT2D eigenvalue weighted by Gasteiger charge is -2.29. The van der Waals surface area contributed by atoms with Crippen molar-refractivity contribution in [2.24, 2.45) is 76.9 Å². The highest BCUT2D eigenvalue weighted by Crippen LogP contribution is 2.55. The van der Waals surface area contributed by atoms with Crippen LogP contribution < -0.4 is 0 Å². The van der Waals surface area contributed by atoms with E-state index in [0.29, 0.717) is 29.6 Å². The van der Waals surface area contributed by atoms with Gasteiger partial charge in [-0.1, -0.05) is 325 Å². The minimum absolute atomic E-state index is 0.241. The van der Waals surface area contributed by atoms with Crippen LogP contribution in [0.5, 0.6) is 0 Å². The smallest absolute Gasteiger partial charge is 0.0991 e. The fraction of sp³-hybridized carbons (Fsp3) is 0.642. The van der Waals surface area contributed by atoms with Crippen LogP contribution in [0.3, 0.4) is 0 Å². The summed E-state index contributed by atoms with van der Waals surface area (Å²) in [5.74, 6) is 13.5. The summed E-state index contributed by atoms with van der Waals surface area (Å²) in [6.45, 7) is 60.0. The van der Waals surface area contributed by atoms with E-state index in [1.165, 1.54) is 98.4 Å². The Morgan fingerprint density at radius 2 is 0.440 bits per heavy atom. The summed E-state index contributed by atoms with van der Waals surface area (Å²) in [5.41, 5.74) is 8.46. The summed E-state index contributed by atoms with van der Waals surface area (Å²) < 4.78 is 0. The van der Waals surface area contributed by atoms with E-state index in [1.807, 2.05) is 118 Å². The van der Waals surface area contributed by atoms with Gasteiger partial charge in [0.1, 0.15) is 0 Å². The van der Waals surface area contributed by atoms with Crippen LogP contribution in [0.15, 0.2) is 152 Å². The third kappa shape index (κ3) is 56.6. The summed E-state index contributed by atoms with van der Waals surface area (Å²) in [5, 5.41) is 57.6. The molecule has 0 radical (unpaired) electrons. The second-order valence-corrected chi connectivity index (χ2v) is 32.7. The quantitative estimate of drug-likeness (QED) is 0.0622. The third-order valence-corrected chi connectivity index (χ3v) is 24.1. The van der Waals surface area contributed by atoms with Crippen LogP contribution in [0, 0.1) is 156 Å². The van der Waals surface area contributed by atoms with Crippen molar-refractivity contribution < 1.29 is 0 Å². The van der Waals surface area contributed by atoms with Crippen LogP contribution >= 0.6 is 0 Å². The summed E-state index contributed by atoms with van der Waals surface area (Å²) in [4.78, 5) is 0. The van der Waals surface area contributed by atoms with Crippen molar-refractivity contribution in [1.29, 1.82) is 36.8 Å². The Labute approximate surface area is 720 Å². The van der Waals surface area contributed by atoms with Crippen LogP contribution in [-0.4, -0.2) is 0 Å². The van der Waals surface area contributed by atoms with Gasteiger partial charge in [-0.3, -0.25) is 0 Å². The van der Waals surface area contributed by atoms with Gasteiger partial charge in [0.15, 0.2) is 0 Å². The monoisotopic (exact) mass is 1580 g/mol. The molecule has 0 heterocycles. The van der Waals surface area contributed by atoms with E-state index in [-0.39, 0.29) is 29.6 Å². The lowest BCUT2D eigenvalue weighted by atomic mass is 9.77. The van der Waals surface area contributed by atoms with Gasteiger partial charge in [0, 0.05) is 29.6 Å². The van der Waals surface area contributed by atoms with Gasteiger partial charge in [-0.2, -0.15) is 36.8 Å². The van der Waals surface area contributed by atoms with Crippen LogP contribution in [0.2, 0.25) is 0 Å². The van der Waals surface area contributed by atoms with E-state index in [1.54, 1.807) is 38.5 Å². The number of allylic oxidation sites excluding steroid dienone is 2. The minimum Gasteiger partial charge on any atom is -0.198 e. The second kappa shape index (κ2) is 79.7. The fourth-order valence-corrected chi connectivity index (χ4v) is 13.7. The molecule has 0 spiro atoms. The minimum atomic E-state index is 0.241. The highest BCUT2D eigenvalue weighted by molar-refractivity contribution is 5.34. The van der Waals surface area contributed by atoms with E-state index < -0.39 is 0 Å². The lowest BCUT2D eigenvalue weighted by Crippen LogP contribution is -2.20. The number of hydrogen-bond donors (Lipinski definition) is 0. The van der Waals surface area contributed by atoms with Crippen molar-refractivity contribution in [3.63, 3.8) is 0 Å². The number of unbranched alkanes of at least 4 members (excludes halogenated alkanes) is 1. The average molecular weight is 1580 g/mol. The molecule has 646 valence electrons. The first kappa shape index (κ1) is 117. The molecule has 5 aromatic rings. The Morgan fingerprint density at radius 3 is 0.560 bits per heavy atom. The molecule has 7 heteroatoms. The van der Waals surface area contributed by atoms with E-state index in [4.69, 9.17) is 36.8 Å². The molecule has 0 amide bonds. The van der Waals surface area contributed by atoms with E-state index in [9.17, 15) is 0 Å². The standard InChI is InChI=1S/2C11H13N.2C11H20.3C10H14.C6H12.5C5H9N.C4H10/c2*1-3-9(2)11-6-4-10(8-12)5-7-11;2*1-3-10-8-5-6-9(7-8)11(10)4-2;3*1-3-9(2)10-7-5-4-6-8-10;1-3-5-6-4-2;5*1-3-5(2)4-6;1-3-4-2/h2*4-7,9H,3H2,1-2H3;2*8-11H,3-7H2,1-2H3;3*4-9H,3H2,1-2H3;5-6H,3-4H2,1-2H3;5*5H,3H2,1-2H3;3-4H2,1-2H3/b;;;;;;;6-5+;;;;;;. The summed E-state index contributed by atoms with van der Waals surface area (Å²) >= 11 is 0. The molecule has 0 aliphatic heterocycles. The summed E-state index contributed by atoms with van der Waals surface area (Å²) in [6, 6.07) is 62.3. The van der Waals surface area contributed by atoms with Gasteiger partial charge in [-0.25, -0.2) is 0 Å². The fourth-order valence-electron chi connectivity index (χ4n) is 13.7. The number of nitrogens with zero attached hydrogens (tertiary/aromatic N) is 7. The molecular weight excluding hydrogens is 1410 g/mol. The van der Waals surface area contributed by atoms with Crippen molar-refractivity contribution in [2.45, 2.75) is 378 Å². The number of rotatable bonds is 22. The molecule has 0 saturated heterocycles. The van der Waals surface area contributed by atoms with Gasteiger partial charge in [0.2, 0.25) is 0 Å². The highest BCUT2D eigenvalue weighted by atomic mass is 14.5. The third-order valence-electron chi connectivity index (χ3n) is 24.1. The van der Waals surface area contributed by atoms with Gasteiger partial charge in [0.05, 0.1) is 53.6 Å². The topological polar surface area (TPSA) is 167 Å². The van der Waals surface area contributed by atoms with E-state index in [0.717, 1.165) is 103 Å². The molecule has 116 heavy (non-hydrogen) atoms. The molecular formula is C109H175N7. The van der Waals surface area contributed by atoms with Crippen molar-refractivity contribution in [3.8, 4) is 42.5 Å². The number of nitriles is 7.